The summed E-state index contributed by atoms with van der Waals surface area (Å²) >= 11 is 4.86. The Labute approximate surface area is 152 Å². The molecule has 3 aromatic rings. The average molecular weight is 403 g/mol. The lowest BCUT2D eigenvalue weighted by molar-refractivity contribution is -0.115. The molecular formula is C17H15BrN4OS. The number of nitrogens with two attached hydrogens (primary N) is 1. The van der Waals surface area contributed by atoms with E-state index in [0.29, 0.717) is 11.7 Å². The van der Waals surface area contributed by atoms with E-state index in [0.717, 1.165) is 21.4 Å². The smallest absolute Gasteiger partial charge is 0.227 e. The highest BCUT2D eigenvalue weighted by Crippen LogP contribution is 2.30. The van der Waals surface area contributed by atoms with E-state index in [1.54, 1.807) is 0 Å². The van der Waals surface area contributed by atoms with Crippen molar-refractivity contribution in [1.82, 2.24) is 14.8 Å². The van der Waals surface area contributed by atoms with Gasteiger partial charge >= 0.3 is 0 Å². The van der Waals surface area contributed by atoms with E-state index in [1.807, 2.05) is 59.2 Å². The molecule has 0 aliphatic carbocycles. The molecule has 1 aromatic heterocycles. The van der Waals surface area contributed by atoms with E-state index in [2.05, 4.69) is 26.1 Å². The van der Waals surface area contributed by atoms with Crippen molar-refractivity contribution in [1.29, 1.82) is 0 Å². The fourth-order valence-electron chi connectivity index (χ4n) is 2.28. The predicted octanol–water partition coefficient (Wildman–Crippen LogP) is 3.33. The van der Waals surface area contributed by atoms with Crippen LogP contribution in [0.2, 0.25) is 0 Å². The molecule has 24 heavy (non-hydrogen) atoms. The van der Waals surface area contributed by atoms with Crippen LogP contribution in [0.25, 0.3) is 11.4 Å². The van der Waals surface area contributed by atoms with Crippen molar-refractivity contribution < 1.29 is 4.79 Å². The van der Waals surface area contributed by atoms with Crippen molar-refractivity contribution in [2.24, 2.45) is 5.73 Å². The first-order chi connectivity index (χ1) is 11.6. The lowest BCUT2D eigenvalue weighted by Gasteiger charge is -2.11. The standard InChI is InChI=1S/C17H15BrN4OS/c18-14-9-5-4-8-13(14)16-20-21-17(24-11-15(19)23)22(16)10-12-6-2-1-3-7-12/h1-9H,10-11H2,(H2,19,23). The van der Waals surface area contributed by atoms with Gasteiger partial charge in [-0.25, -0.2) is 0 Å². The maximum atomic E-state index is 11.1. The van der Waals surface area contributed by atoms with Gasteiger partial charge in [0.2, 0.25) is 5.91 Å². The van der Waals surface area contributed by atoms with Crippen LogP contribution in [0.1, 0.15) is 5.56 Å². The summed E-state index contributed by atoms with van der Waals surface area (Å²) in [5.41, 5.74) is 7.34. The minimum Gasteiger partial charge on any atom is -0.369 e. The van der Waals surface area contributed by atoms with Crippen LogP contribution >= 0.6 is 27.7 Å². The molecule has 7 heteroatoms. The van der Waals surface area contributed by atoms with Gasteiger partial charge in [-0.15, -0.1) is 10.2 Å². The molecule has 122 valence electrons. The maximum Gasteiger partial charge on any atom is 0.227 e. The summed E-state index contributed by atoms with van der Waals surface area (Å²) in [6, 6.07) is 17.9. The number of hydrogen-bond donors (Lipinski definition) is 1. The maximum absolute atomic E-state index is 11.1. The summed E-state index contributed by atoms with van der Waals surface area (Å²) in [5.74, 6) is 0.540. The first-order valence-electron chi connectivity index (χ1n) is 7.28. The molecule has 0 fully saturated rings. The third kappa shape index (κ3) is 3.85. The predicted molar refractivity (Wildman–Crippen MR) is 98.6 cm³/mol. The number of carbonyl (C=O) groups excluding carboxylic acids is 1. The number of hydrogen-bond acceptors (Lipinski definition) is 4. The number of nitrogens with zero attached hydrogens (tertiary/aromatic N) is 3. The summed E-state index contributed by atoms with van der Waals surface area (Å²) in [6.07, 6.45) is 0. The molecule has 1 heterocycles. The SMILES string of the molecule is NC(=O)CSc1nnc(-c2ccccc2Br)n1Cc1ccccc1. The number of benzene rings is 2. The summed E-state index contributed by atoms with van der Waals surface area (Å²) in [7, 11) is 0. The molecule has 0 saturated heterocycles. The van der Waals surface area contributed by atoms with Crippen molar-refractivity contribution in [2.45, 2.75) is 11.7 Å². The molecule has 3 rings (SSSR count). The Morgan fingerprint density at radius 1 is 1.08 bits per heavy atom. The number of aromatic nitrogens is 3. The molecule has 0 radical (unpaired) electrons. The van der Waals surface area contributed by atoms with Gasteiger partial charge in [-0.05, 0) is 11.6 Å². The third-order valence-corrected chi connectivity index (χ3v) is 5.04. The molecule has 0 unspecified atom stereocenters. The number of carbonyl (C=O) groups is 1. The number of amides is 1. The summed E-state index contributed by atoms with van der Waals surface area (Å²) < 4.78 is 2.95. The van der Waals surface area contributed by atoms with E-state index in [1.165, 1.54) is 11.8 Å². The molecule has 0 aliphatic rings. The Kier molecular flexibility index (Phi) is 5.32. The zero-order valence-electron chi connectivity index (χ0n) is 12.7. The number of primary amides is 1. The van der Waals surface area contributed by atoms with Crippen molar-refractivity contribution >= 4 is 33.6 Å². The van der Waals surface area contributed by atoms with Crippen molar-refractivity contribution in [2.75, 3.05) is 5.75 Å². The Balaban J connectivity index is 2.02. The summed E-state index contributed by atoms with van der Waals surface area (Å²) in [4.78, 5) is 11.1. The van der Waals surface area contributed by atoms with Crippen LogP contribution < -0.4 is 5.73 Å². The highest BCUT2D eigenvalue weighted by atomic mass is 79.9. The highest BCUT2D eigenvalue weighted by Gasteiger charge is 2.17. The number of rotatable bonds is 6. The largest absolute Gasteiger partial charge is 0.369 e. The second kappa shape index (κ2) is 7.63. The fraction of sp³-hybridized carbons (Fsp3) is 0.118. The number of thioether (sulfide) groups is 1. The van der Waals surface area contributed by atoms with Gasteiger partial charge in [0.25, 0.3) is 0 Å². The van der Waals surface area contributed by atoms with Crippen molar-refractivity contribution in [3.63, 3.8) is 0 Å². The van der Waals surface area contributed by atoms with Crippen LogP contribution in [0.4, 0.5) is 0 Å². The van der Waals surface area contributed by atoms with Crippen LogP contribution in [0.5, 0.6) is 0 Å². The summed E-state index contributed by atoms with van der Waals surface area (Å²) in [5, 5.41) is 9.25. The molecule has 2 aromatic carbocycles. The van der Waals surface area contributed by atoms with E-state index in [-0.39, 0.29) is 11.7 Å². The van der Waals surface area contributed by atoms with Gasteiger partial charge in [0.15, 0.2) is 11.0 Å². The molecule has 5 nitrogen and oxygen atoms in total. The molecule has 0 saturated carbocycles. The van der Waals surface area contributed by atoms with Gasteiger partial charge in [-0.3, -0.25) is 9.36 Å². The molecule has 0 aliphatic heterocycles. The molecule has 0 spiro atoms. The van der Waals surface area contributed by atoms with Gasteiger partial charge in [0.05, 0.1) is 12.3 Å². The minimum atomic E-state index is -0.378. The lowest BCUT2D eigenvalue weighted by atomic mass is 10.2. The number of halogens is 1. The topological polar surface area (TPSA) is 73.8 Å². The highest BCUT2D eigenvalue weighted by molar-refractivity contribution is 9.10. The quantitative estimate of drug-likeness (QED) is 0.641. The molecule has 0 atom stereocenters. The van der Waals surface area contributed by atoms with Gasteiger partial charge in [0, 0.05) is 10.0 Å². The molecule has 1 amide bonds. The van der Waals surface area contributed by atoms with Crippen LogP contribution in [-0.4, -0.2) is 26.4 Å². The minimum absolute atomic E-state index is 0.170. The van der Waals surface area contributed by atoms with Gasteiger partial charge in [-0.2, -0.15) is 0 Å². The Morgan fingerprint density at radius 3 is 2.50 bits per heavy atom. The fourth-order valence-corrected chi connectivity index (χ4v) is 3.42. The molecular weight excluding hydrogens is 388 g/mol. The van der Waals surface area contributed by atoms with E-state index >= 15 is 0 Å². The van der Waals surface area contributed by atoms with Crippen LogP contribution in [-0.2, 0) is 11.3 Å². The Hall–Kier alpha value is -2.12. The second-order valence-electron chi connectivity index (χ2n) is 5.11. The zero-order valence-corrected chi connectivity index (χ0v) is 15.1. The van der Waals surface area contributed by atoms with E-state index in [4.69, 9.17) is 5.73 Å². The van der Waals surface area contributed by atoms with Gasteiger partial charge < -0.3 is 5.73 Å². The first kappa shape index (κ1) is 16.7. The molecule has 2 N–H and O–H groups in total. The average Bonchev–Trinajstić information content (AvgIpc) is 2.97. The van der Waals surface area contributed by atoms with Crippen molar-refractivity contribution in [3.8, 4) is 11.4 Å². The normalized spacial score (nSPS) is 10.7. The first-order valence-corrected chi connectivity index (χ1v) is 9.06. The monoisotopic (exact) mass is 402 g/mol. The lowest BCUT2D eigenvalue weighted by Crippen LogP contribution is -2.14. The van der Waals surface area contributed by atoms with Crippen LogP contribution in [0.15, 0.2) is 64.2 Å². The van der Waals surface area contributed by atoms with Crippen molar-refractivity contribution in [3.05, 3.63) is 64.6 Å². The second-order valence-corrected chi connectivity index (χ2v) is 6.91. The summed E-state index contributed by atoms with van der Waals surface area (Å²) in [6.45, 7) is 0.617. The van der Waals surface area contributed by atoms with Crippen LogP contribution in [0, 0.1) is 0 Å². The van der Waals surface area contributed by atoms with E-state index < -0.39 is 0 Å². The third-order valence-electron chi connectivity index (χ3n) is 3.36. The Morgan fingerprint density at radius 2 is 1.79 bits per heavy atom. The van der Waals surface area contributed by atoms with E-state index in [9.17, 15) is 4.79 Å². The Bertz CT molecular complexity index is 851. The van der Waals surface area contributed by atoms with Gasteiger partial charge in [0.1, 0.15) is 0 Å². The van der Waals surface area contributed by atoms with Crippen LogP contribution in [0.3, 0.4) is 0 Å². The molecule has 0 bridgehead atoms. The zero-order chi connectivity index (χ0) is 16.9. The van der Waals surface area contributed by atoms with Gasteiger partial charge in [-0.1, -0.05) is 76.2 Å².